The molecular weight excluding hydrogens is 1800 g/mol. The Morgan fingerprint density at radius 3 is 0.897 bits per heavy atom. The molecule has 12 nitrogen and oxygen atoms in total. The number of benzene rings is 22. The molecule has 31 aromatic rings. The van der Waals surface area contributed by atoms with Gasteiger partial charge in [0.15, 0.2) is 11.6 Å². The monoisotopic (exact) mass is 1880 g/mol. The Morgan fingerprint density at radius 1 is 0.164 bits per heavy atom. The van der Waals surface area contributed by atoms with Crippen LogP contribution in [0.2, 0.25) is 0 Å². The molecule has 0 N–H and O–H groups in total. The molecule has 0 radical (unpaired) electrons. The molecule has 13 heteroatoms. The highest BCUT2D eigenvalue weighted by molar-refractivity contribution is 7.26. The number of thiophene rings is 1. The van der Waals surface area contributed by atoms with Crippen molar-refractivity contribution < 1.29 is 0 Å². The quantitative estimate of drug-likeness (QED) is 0.134. The van der Waals surface area contributed by atoms with Gasteiger partial charge in [0.05, 0.1) is 82.3 Å². The van der Waals surface area contributed by atoms with Crippen LogP contribution >= 0.6 is 11.3 Å². The lowest BCUT2D eigenvalue weighted by atomic mass is 10.0. The SMILES string of the molecule is c1ccc(-c2nc(-c3ccccc3)nc(-n3c4ccc5ccccc5c4c4ccc5ccccc5c43)n2)cc1.c1ccc(-c2nc(-n3c4ccc5ccccc5c4c4ccc5ccccc5c43)nc3ccccc23)cc1.c1ccc(-c2nc(-n3c4ccccc4c4ccccc43)nc3c2sc2ccccc23)cc1.c1ccc2c(c1)c1ccccc1n2-c1ccc(-c2ccc(-n3c4ccccc4c4ccccc43)cc2)cc1. The molecule has 0 atom stereocenters. The Labute approximate surface area is 841 Å². The molecule has 31 rings (SSSR count). The van der Waals surface area contributed by atoms with Crippen LogP contribution in [-0.2, 0) is 0 Å². The van der Waals surface area contributed by atoms with Gasteiger partial charge in [-0.05, 0) is 128 Å². The molecule has 146 heavy (non-hydrogen) atoms. The molecule has 682 valence electrons. The second-order valence-corrected chi connectivity index (χ2v) is 37.9. The molecule has 0 saturated carbocycles. The lowest BCUT2D eigenvalue weighted by Crippen LogP contribution is -2.06. The third-order valence-electron chi connectivity index (χ3n) is 28.6. The first-order valence-electron chi connectivity index (χ1n) is 49.2. The fourth-order valence-corrected chi connectivity index (χ4v) is 23.2. The molecule has 0 amide bonds. The lowest BCUT2D eigenvalue weighted by Gasteiger charge is -2.12. The summed E-state index contributed by atoms with van der Waals surface area (Å²) in [6, 6.07) is 179. The Balaban J connectivity index is 0.0000000945. The van der Waals surface area contributed by atoms with E-state index in [1.165, 1.54) is 152 Å². The minimum atomic E-state index is 0.606. The number of hydrogen-bond acceptors (Lipinski definition) is 8. The van der Waals surface area contributed by atoms with Crippen LogP contribution in [0.25, 0.3) is 269 Å². The fraction of sp³-hybridized carbons (Fsp3) is 0. The van der Waals surface area contributed by atoms with E-state index < -0.39 is 0 Å². The molecule has 22 aromatic carbocycles. The summed E-state index contributed by atoms with van der Waals surface area (Å²) in [5.41, 5.74) is 24.3. The van der Waals surface area contributed by atoms with Crippen molar-refractivity contribution in [3.63, 3.8) is 0 Å². The maximum atomic E-state index is 5.25. The van der Waals surface area contributed by atoms with Gasteiger partial charge in [-0.2, -0.15) is 9.97 Å². The van der Waals surface area contributed by atoms with Crippen molar-refractivity contribution in [2.75, 3.05) is 0 Å². The van der Waals surface area contributed by atoms with Crippen LogP contribution in [-0.4, -0.2) is 57.7 Å². The number of hydrogen-bond donors (Lipinski definition) is 0. The summed E-state index contributed by atoms with van der Waals surface area (Å²) >= 11 is 1.76. The Kier molecular flexibility index (Phi) is 20.5. The van der Waals surface area contributed by atoms with E-state index in [-0.39, 0.29) is 0 Å². The maximum absolute atomic E-state index is 5.25. The van der Waals surface area contributed by atoms with E-state index in [2.05, 4.69) is 454 Å². The minimum Gasteiger partial charge on any atom is -0.309 e. The van der Waals surface area contributed by atoms with Crippen LogP contribution < -0.4 is 0 Å². The van der Waals surface area contributed by atoms with Crippen LogP contribution in [0.5, 0.6) is 0 Å². The minimum absolute atomic E-state index is 0.606. The van der Waals surface area contributed by atoms with Crippen molar-refractivity contribution in [1.29, 1.82) is 0 Å². The molecule has 0 saturated heterocycles. The van der Waals surface area contributed by atoms with Crippen molar-refractivity contribution in [3.8, 4) is 85.6 Å². The predicted molar refractivity (Wildman–Crippen MR) is 610 cm³/mol. The number of rotatable bonds is 10. The number of fused-ring (bicyclic) bond motifs is 27. The van der Waals surface area contributed by atoms with E-state index in [0.717, 1.165) is 87.9 Å². The fourth-order valence-electron chi connectivity index (χ4n) is 22.0. The van der Waals surface area contributed by atoms with Gasteiger partial charge in [-0.3, -0.25) is 13.7 Å². The van der Waals surface area contributed by atoms with Gasteiger partial charge < -0.3 is 9.13 Å². The summed E-state index contributed by atoms with van der Waals surface area (Å²) in [5.74, 6) is 3.29. The smallest absolute Gasteiger partial charge is 0.238 e. The van der Waals surface area contributed by atoms with Gasteiger partial charge in [-0.25, -0.2) is 24.9 Å². The average molecular weight is 1880 g/mol. The summed E-state index contributed by atoms with van der Waals surface area (Å²) in [7, 11) is 0. The molecule has 0 aliphatic rings. The van der Waals surface area contributed by atoms with Gasteiger partial charge in [0.2, 0.25) is 17.8 Å². The van der Waals surface area contributed by atoms with E-state index in [1.807, 2.05) is 78.9 Å². The maximum Gasteiger partial charge on any atom is 0.238 e. The van der Waals surface area contributed by atoms with Gasteiger partial charge in [0.1, 0.15) is 0 Å². The van der Waals surface area contributed by atoms with E-state index in [0.29, 0.717) is 29.5 Å². The molecule has 0 unspecified atom stereocenters. The molecule has 9 aromatic heterocycles. The highest BCUT2D eigenvalue weighted by atomic mass is 32.1. The zero-order chi connectivity index (χ0) is 96.2. The number of aromatic nitrogens is 12. The van der Waals surface area contributed by atoms with E-state index >= 15 is 0 Å². The van der Waals surface area contributed by atoms with E-state index in [1.54, 1.807) is 11.3 Å². The summed E-state index contributed by atoms with van der Waals surface area (Å²) in [5, 5.41) is 24.3. The summed E-state index contributed by atoms with van der Waals surface area (Å²) in [6.45, 7) is 0. The summed E-state index contributed by atoms with van der Waals surface area (Å²) in [6.07, 6.45) is 0. The lowest BCUT2D eigenvalue weighted by molar-refractivity contribution is 0.955. The van der Waals surface area contributed by atoms with Crippen molar-refractivity contribution in [3.05, 3.63) is 510 Å². The van der Waals surface area contributed by atoms with Crippen LogP contribution in [0.4, 0.5) is 0 Å². The molecule has 0 spiro atoms. The Bertz CT molecular complexity index is 10200. The first-order valence-corrected chi connectivity index (χ1v) is 50.1. The van der Waals surface area contributed by atoms with Gasteiger partial charge >= 0.3 is 0 Å². The summed E-state index contributed by atoms with van der Waals surface area (Å²) < 4.78 is 13.8. The molecule has 9 heterocycles. The summed E-state index contributed by atoms with van der Waals surface area (Å²) in [4.78, 5) is 35.8. The van der Waals surface area contributed by atoms with Crippen LogP contribution in [0, 0.1) is 0 Å². The third-order valence-corrected chi connectivity index (χ3v) is 29.8. The molecule has 0 bridgehead atoms. The first-order chi connectivity index (χ1) is 72.5. The van der Waals surface area contributed by atoms with Crippen molar-refractivity contribution in [2.45, 2.75) is 0 Å². The second-order valence-electron chi connectivity index (χ2n) is 36.9. The number of nitrogens with zero attached hydrogens (tertiary/aromatic N) is 12. The van der Waals surface area contributed by atoms with E-state index in [9.17, 15) is 0 Å². The van der Waals surface area contributed by atoms with Crippen molar-refractivity contribution in [2.24, 2.45) is 0 Å². The zero-order valence-electron chi connectivity index (χ0n) is 78.8. The van der Waals surface area contributed by atoms with Gasteiger partial charge in [0, 0.05) is 114 Å². The Hall–Kier alpha value is -19.5. The zero-order valence-corrected chi connectivity index (χ0v) is 79.6. The molecule has 0 aliphatic heterocycles. The highest BCUT2D eigenvalue weighted by Crippen LogP contribution is 2.47. The topological polar surface area (TPSA) is 115 Å². The van der Waals surface area contributed by atoms with Gasteiger partial charge in [-0.15, -0.1) is 11.3 Å². The van der Waals surface area contributed by atoms with Crippen LogP contribution in [0.1, 0.15) is 0 Å². The van der Waals surface area contributed by atoms with Crippen LogP contribution in [0.3, 0.4) is 0 Å². The average Bonchev–Trinajstić information content (AvgIpc) is 1.55. The highest BCUT2D eigenvalue weighted by Gasteiger charge is 2.27. The number of para-hydroxylation sites is 7. The van der Waals surface area contributed by atoms with Crippen molar-refractivity contribution >= 4 is 195 Å². The second kappa shape index (κ2) is 35.4. The predicted octanol–water partition coefficient (Wildman–Crippen LogP) is 34.5. The standard InChI is InChI=1S/C36H24N2.C35H22N4.C34H21N3.C28H17N3S/c1-5-13-33-29(9-1)30-10-2-6-14-34(30)37(33)27-21-17-25(18-22-27)26-19-23-28(24-20-26)38-35-15-7-3-11-31(35)32-12-4-8-16-36(32)38;1-3-13-25(14-4-1)33-36-34(26-15-5-2-6-16-26)38-35(37-33)39-30-22-20-23-11-7-9-17-27(23)31(30)29-21-19-24-12-8-10-18-28(24)32(29)39;1-2-12-24(13-3-1)32-27-16-8-9-17-29(27)35-34(36-32)37-30-21-19-22-10-4-6-14-25(22)31(30)28-20-18-23-11-5-7-15-26(23)33(28)37;1-2-10-18(11-3-1)25-27-26(21-14-6-9-17-24(21)32-27)30-28(29-25)31-22-15-7-4-12-19(22)20-13-5-8-16-23(20)31/h1-24H;1-22H;1-21H;1-17H. The molecular formula is C133H84N12S. The third kappa shape index (κ3) is 14.3. The largest absolute Gasteiger partial charge is 0.309 e. The first kappa shape index (κ1) is 84.6. The molecule has 0 fully saturated rings. The van der Waals surface area contributed by atoms with Crippen LogP contribution in [0.15, 0.2) is 510 Å². The normalized spacial score (nSPS) is 11.7. The van der Waals surface area contributed by atoms with Gasteiger partial charge in [0.25, 0.3) is 0 Å². The van der Waals surface area contributed by atoms with Gasteiger partial charge in [-0.1, -0.05) is 425 Å². The van der Waals surface area contributed by atoms with E-state index in [4.69, 9.17) is 34.9 Å². The molecule has 0 aliphatic carbocycles. The van der Waals surface area contributed by atoms with Crippen molar-refractivity contribution in [1.82, 2.24) is 57.7 Å². The Morgan fingerprint density at radius 2 is 0.473 bits per heavy atom.